The Morgan fingerprint density at radius 1 is 1.00 bits per heavy atom. The summed E-state index contributed by atoms with van der Waals surface area (Å²) in [6.45, 7) is 12.6. The molecule has 0 aromatic heterocycles. The number of rotatable bonds is 4. The van der Waals surface area contributed by atoms with Crippen molar-refractivity contribution in [2.45, 2.75) is 83.5 Å². The third kappa shape index (κ3) is 2.72. The smallest absolute Gasteiger partial charge is 0.123 e. The standard InChI is InChI=1S/C20H30O/c1-6-11-21-18-13-17-16(12-15(18)14-7-8-14)19(2,3)9-10-20(17,4)5/h12-14H,6-11H2,1-5H3. The first-order valence-electron chi connectivity index (χ1n) is 8.67. The molecule has 0 N–H and O–H groups in total. The van der Waals surface area contributed by atoms with Gasteiger partial charge in [-0.15, -0.1) is 0 Å². The molecule has 0 saturated heterocycles. The minimum atomic E-state index is 0.275. The molecule has 1 fully saturated rings. The van der Waals surface area contributed by atoms with E-state index in [1.54, 1.807) is 5.56 Å². The zero-order chi connectivity index (χ0) is 15.3. The molecular weight excluding hydrogens is 256 g/mol. The van der Waals surface area contributed by atoms with Crippen molar-refractivity contribution in [3.8, 4) is 5.75 Å². The Morgan fingerprint density at radius 2 is 1.57 bits per heavy atom. The minimum Gasteiger partial charge on any atom is -0.493 e. The van der Waals surface area contributed by atoms with Gasteiger partial charge in [0, 0.05) is 0 Å². The Hall–Kier alpha value is -0.980. The Bertz CT molecular complexity index is 535. The van der Waals surface area contributed by atoms with Crippen LogP contribution in [-0.4, -0.2) is 6.61 Å². The Kier molecular flexibility index (Phi) is 3.58. The van der Waals surface area contributed by atoms with Crippen LogP contribution in [0, 0.1) is 0 Å². The summed E-state index contributed by atoms with van der Waals surface area (Å²) in [7, 11) is 0. The van der Waals surface area contributed by atoms with E-state index in [2.05, 4.69) is 46.8 Å². The predicted octanol–water partition coefficient (Wildman–Crippen LogP) is 5.70. The van der Waals surface area contributed by atoms with Crippen LogP contribution in [0.2, 0.25) is 0 Å². The van der Waals surface area contributed by atoms with Gasteiger partial charge < -0.3 is 4.74 Å². The monoisotopic (exact) mass is 286 g/mol. The molecule has 0 bridgehead atoms. The Labute approximate surface area is 130 Å². The lowest BCUT2D eigenvalue weighted by molar-refractivity contribution is 0.304. The van der Waals surface area contributed by atoms with E-state index < -0.39 is 0 Å². The maximum Gasteiger partial charge on any atom is 0.123 e. The predicted molar refractivity (Wildman–Crippen MR) is 89.5 cm³/mol. The number of hydrogen-bond acceptors (Lipinski definition) is 1. The molecule has 0 radical (unpaired) electrons. The van der Waals surface area contributed by atoms with E-state index in [0.29, 0.717) is 5.41 Å². The normalized spacial score (nSPS) is 22.7. The number of ether oxygens (including phenoxy) is 1. The first-order valence-corrected chi connectivity index (χ1v) is 8.67. The fourth-order valence-corrected chi connectivity index (χ4v) is 3.66. The molecule has 1 aromatic carbocycles. The lowest BCUT2D eigenvalue weighted by Gasteiger charge is -2.42. The molecule has 0 unspecified atom stereocenters. The van der Waals surface area contributed by atoms with Crippen LogP contribution in [-0.2, 0) is 10.8 Å². The maximum absolute atomic E-state index is 6.12. The average molecular weight is 286 g/mol. The molecule has 2 aliphatic rings. The molecule has 1 heteroatoms. The lowest BCUT2D eigenvalue weighted by atomic mass is 9.63. The zero-order valence-corrected chi connectivity index (χ0v) is 14.4. The van der Waals surface area contributed by atoms with Crippen LogP contribution in [0.15, 0.2) is 12.1 Å². The van der Waals surface area contributed by atoms with Crippen molar-refractivity contribution in [1.29, 1.82) is 0 Å². The van der Waals surface area contributed by atoms with Gasteiger partial charge in [-0.1, -0.05) is 40.7 Å². The van der Waals surface area contributed by atoms with Crippen molar-refractivity contribution >= 4 is 0 Å². The highest BCUT2D eigenvalue weighted by atomic mass is 16.5. The number of fused-ring (bicyclic) bond motifs is 1. The van der Waals surface area contributed by atoms with E-state index in [0.717, 1.165) is 18.9 Å². The highest BCUT2D eigenvalue weighted by Gasteiger charge is 2.39. The second-order valence-electron chi connectivity index (χ2n) is 8.33. The van der Waals surface area contributed by atoms with Crippen molar-refractivity contribution in [1.82, 2.24) is 0 Å². The highest BCUT2D eigenvalue weighted by molar-refractivity contribution is 5.52. The van der Waals surface area contributed by atoms with Gasteiger partial charge in [0.15, 0.2) is 0 Å². The van der Waals surface area contributed by atoms with E-state index in [1.807, 2.05) is 0 Å². The van der Waals surface area contributed by atoms with Crippen LogP contribution in [0.3, 0.4) is 0 Å². The van der Waals surface area contributed by atoms with Crippen LogP contribution in [0.1, 0.15) is 89.3 Å². The Balaban J connectivity index is 2.11. The molecule has 21 heavy (non-hydrogen) atoms. The van der Waals surface area contributed by atoms with E-state index in [9.17, 15) is 0 Å². The van der Waals surface area contributed by atoms with Gasteiger partial charge in [0.1, 0.15) is 5.75 Å². The van der Waals surface area contributed by atoms with E-state index in [4.69, 9.17) is 4.74 Å². The van der Waals surface area contributed by atoms with Gasteiger partial charge in [-0.25, -0.2) is 0 Å². The van der Waals surface area contributed by atoms with E-state index >= 15 is 0 Å². The fraction of sp³-hybridized carbons (Fsp3) is 0.700. The molecule has 0 atom stereocenters. The second-order valence-corrected chi connectivity index (χ2v) is 8.33. The molecule has 1 saturated carbocycles. The molecule has 0 amide bonds. The van der Waals surface area contributed by atoms with Gasteiger partial charge in [0.25, 0.3) is 0 Å². The molecule has 2 aliphatic carbocycles. The molecule has 1 aromatic rings. The maximum atomic E-state index is 6.12. The van der Waals surface area contributed by atoms with Gasteiger partial charge in [-0.2, -0.15) is 0 Å². The van der Waals surface area contributed by atoms with Crippen molar-refractivity contribution in [2.24, 2.45) is 0 Å². The van der Waals surface area contributed by atoms with Crippen LogP contribution in [0.4, 0.5) is 0 Å². The average Bonchev–Trinajstić information content (AvgIpc) is 3.25. The third-order valence-corrected chi connectivity index (χ3v) is 5.46. The van der Waals surface area contributed by atoms with Crippen molar-refractivity contribution in [2.75, 3.05) is 6.61 Å². The molecule has 1 nitrogen and oxygen atoms in total. The minimum absolute atomic E-state index is 0.275. The fourth-order valence-electron chi connectivity index (χ4n) is 3.66. The van der Waals surface area contributed by atoms with Crippen molar-refractivity contribution in [3.63, 3.8) is 0 Å². The van der Waals surface area contributed by atoms with Gasteiger partial charge in [-0.3, -0.25) is 0 Å². The molecule has 0 heterocycles. The highest BCUT2D eigenvalue weighted by Crippen LogP contribution is 2.51. The summed E-state index contributed by atoms with van der Waals surface area (Å²) in [5.74, 6) is 1.92. The molecule has 3 rings (SSSR count). The summed E-state index contributed by atoms with van der Waals surface area (Å²) in [6, 6.07) is 4.89. The lowest BCUT2D eigenvalue weighted by Crippen LogP contribution is -2.34. The molecule has 0 spiro atoms. The third-order valence-electron chi connectivity index (χ3n) is 5.46. The summed E-state index contributed by atoms with van der Waals surface area (Å²) < 4.78 is 6.12. The molecular formula is C20H30O. The second kappa shape index (κ2) is 5.04. The van der Waals surface area contributed by atoms with Gasteiger partial charge in [0.2, 0.25) is 0 Å². The number of benzene rings is 1. The van der Waals surface area contributed by atoms with E-state index in [-0.39, 0.29) is 5.41 Å². The topological polar surface area (TPSA) is 9.23 Å². The summed E-state index contributed by atoms with van der Waals surface area (Å²) in [5.41, 5.74) is 5.15. The van der Waals surface area contributed by atoms with Gasteiger partial charge in [-0.05, 0) is 71.6 Å². The van der Waals surface area contributed by atoms with Crippen LogP contribution in [0.5, 0.6) is 5.75 Å². The molecule has 116 valence electrons. The summed E-state index contributed by atoms with van der Waals surface area (Å²) in [5, 5.41) is 0. The number of hydrogen-bond donors (Lipinski definition) is 0. The van der Waals surface area contributed by atoms with Crippen LogP contribution < -0.4 is 4.74 Å². The van der Waals surface area contributed by atoms with Crippen molar-refractivity contribution < 1.29 is 4.74 Å². The first kappa shape index (κ1) is 14.9. The molecule has 0 aliphatic heterocycles. The van der Waals surface area contributed by atoms with Crippen molar-refractivity contribution in [3.05, 3.63) is 28.8 Å². The van der Waals surface area contributed by atoms with Crippen LogP contribution >= 0.6 is 0 Å². The SMILES string of the molecule is CCCOc1cc2c(cc1C1CC1)C(C)(C)CCC2(C)C. The van der Waals surface area contributed by atoms with Gasteiger partial charge >= 0.3 is 0 Å². The van der Waals surface area contributed by atoms with E-state index in [1.165, 1.54) is 42.6 Å². The summed E-state index contributed by atoms with van der Waals surface area (Å²) in [4.78, 5) is 0. The first-order chi connectivity index (χ1) is 9.85. The van der Waals surface area contributed by atoms with Gasteiger partial charge in [0.05, 0.1) is 6.61 Å². The zero-order valence-electron chi connectivity index (χ0n) is 14.4. The van der Waals surface area contributed by atoms with Crippen LogP contribution in [0.25, 0.3) is 0 Å². The largest absolute Gasteiger partial charge is 0.493 e. The Morgan fingerprint density at radius 3 is 2.10 bits per heavy atom. The summed E-state index contributed by atoms with van der Waals surface area (Å²) in [6.07, 6.45) is 6.31. The summed E-state index contributed by atoms with van der Waals surface area (Å²) >= 11 is 0. The quantitative estimate of drug-likeness (QED) is 0.689.